The van der Waals surface area contributed by atoms with E-state index in [2.05, 4.69) is 35.5 Å². The van der Waals surface area contributed by atoms with Crippen LogP contribution >= 0.6 is 0 Å². The van der Waals surface area contributed by atoms with E-state index in [9.17, 15) is 9.18 Å². The minimum absolute atomic E-state index is 0.171. The van der Waals surface area contributed by atoms with Gasteiger partial charge in [0.25, 0.3) is 0 Å². The third-order valence-electron chi connectivity index (χ3n) is 4.56. The Morgan fingerprint density at radius 3 is 2.43 bits per heavy atom. The van der Waals surface area contributed by atoms with Crippen molar-refractivity contribution in [3.8, 4) is 17.6 Å². The van der Waals surface area contributed by atoms with Crippen LogP contribution in [0.2, 0.25) is 0 Å². The lowest BCUT2D eigenvalue weighted by atomic mass is 10.1. The molecule has 30 heavy (non-hydrogen) atoms. The van der Waals surface area contributed by atoms with Gasteiger partial charge >= 0.3 is 5.97 Å². The molecule has 0 aromatic heterocycles. The summed E-state index contributed by atoms with van der Waals surface area (Å²) in [5.41, 5.74) is 1.70. The molecule has 156 valence electrons. The molecular weight excluding hydrogens is 399 g/mol. The maximum atomic E-state index is 13.0. The first-order valence-corrected chi connectivity index (χ1v) is 11.3. The summed E-state index contributed by atoms with van der Waals surface area (Å²) >= 11 is 0. The Labute approximate surface area is 180 Å². The van der Waals surface area contributed by atoms with Crippen LogP contribution in [0.4, 0.5) is 4.39 Å². The van der Waals surface area contributed by atoms with E-state index < -0.39 is 11.6 Å². The third-order valence-corrected chi connectivity index (χ3v) is 6.59. The number of benzene rings is 2. The van der Waals surface area contributed by atoms with E-state index in [1.165, 1.54) is 22.8 Å². The average molecular weight is 426 g/mol. The number of hydrogen-bond donors (Lipinski definition) is 0. The van der Waals surface area contributed by atoms with Crippen LogP contribution in [0.5, 0.6) is 5.75 Å². The molecule has 3 nitrogen and oxygen atoms in total. The molecule has 1 aliphatic rings. The number of ether oxygens (including phenoxy) is 2. The quantitative estimate of drug-likeness (QED) is 0.380. The van der Waals surface area contributed by atoms with Gasteiger partial charge in [0.05, 0.1) is 10.9 Å². The van der Waals surface area contributed by atoms with Gasteiger partial charge in [0.2, 0.25) is 0 Å². The minimum atomic E-state index is -0.987. The van der Waals surface area contributed by atoms with E-state index in [0.717, 1.165) is 23.3 Å². The molecular formula is C25H26FO3S+. The molecule has 0 radical (unpaired) electrons. The molecule has 0 fully saturated rings. The fourth-order valence-electron chi connectivity index (χ4n) is 3.16. The van der Waals surface area contributed by atoms with E-state index in [1.54, 1.807) is 26.0 Å². The SMILES string of the molecule is Cc1cc([S+]2C=CCC2)cc(C)c1OCC(=O)OC(C)(C)C#Cc1ccc(F)cc1. The van der Waals surface area contributed by atoms with Crippen molar-refractivity contribution < 1.29 is 18.7 Å². The summed E-state index contributed by atoms with van der Waals surface area (Å²) in [5.74, 6) is 6.89. The number of hydrogen-bond acceptors (Lipinski definition) is 3. The number of rotatable bonds is 5. The molecule has 0 saturated carbocycles. The molecule has 1 unspecified atom stereocenters. The molecule has 1 aliphatic heterocycles. The zero-order valence-corrected chi connectivity index (χ0v) is 18.6. The molecule has 0 saturated heterocycles. The first-order valence-electron chi connectivity index (χ1n) is 9.84. The normalized spacial score (nSPS) is 15.4. The Bertz CT molecular complexity index is 990. The summed E-state index contributed by atoms with van der Waals surface area (Å²) in [4.78, 5) is 13.6. The zero-order valence-electron chi connectivity index (χ0n) is 17.8. The first kappa shape index (κ1) is 22.0. The maximum Gasteiger partial charge on any atom is 0.345 e. The second kappa shape index (κ2) is 9.40. The molecule has 2 aromatic carbocycles. The Morgan fingerprint density at radius 2 is 1.83 bits per heavy atom. The van der Waals surface area contributed by atoms with Crippen LogP contribution in [0.1, 0.15) is 37.0 Å². The summed E-state index contributed by atoms with van der Waals surface area (Å²) in [7, 11) is 0.171. The van der Waals surface area contributed by atoms with Crippen molar-refractivity contribution in [2.24, 2.45) is 0 Å². The van der Waals surface area contributed by atoms with Gasteiger partial charge in [-0.3, -0.25) is 0 Å². The molecule has 0 spiro atoms. The Balaban J connectivity index is 1.60. The van der Waals surface area contributed by atoms with Crippen LogP contribution in [0.3, 0.4) is 0 Å². The number of esters is 1. The number of carbonyl (C=O) groups is 1. The van der Waals surface area contributed by atoms with Gasteiger partial charge < -0.3 is 9.47 Å². The van der Waals surface area contributed by atoms with Crippen molar-refractivity contribution in [2.75, 3.05) is 12.4 Å². The molecule has 2 aromatic rings. The molecule has 0 N–H and O–H groups in total. The minimum Gasteiger partial charge on any atom is -0.481 e. The van der Waals surface area contributed by atoms with E-state index in [4.69, 9.17) is 9.47 Å². The number of halogens is 1. The first-order chi connectivity index (χ1) is 14.2. The van der Waals surface area contributed by atoms with Crippen LogP contribution in [0, 0.1) is 31.5 Å². The Hall–Kier alpha value is -2.71. The predicted molar refractivity (Wildman–Crippen MR) is 119 cm³/mol. The van der Waals surface area contributed by atoms with Crippen LogP contribution < -0.4 is 4.74 Å². The number of carbonyl (C=O) groups excluding carboxylic acids is 1. The number of allylic oxidation sites excluding steroid dienone is 1. The number of aryl methyl sites for hydroxylation is 2. The van der Waals surface area contributed by atoms with Crippen molar-refractivity contribution in [2.45, 2.75) is 44.6 Å². The van der Waals surface area contributed by atoms with E-state index in [0.29, 0.717) is 5.56 Å². The highest BCUT2D eigenvalue weighted by atomic mass is 32.2. The molecule has 1 atom stereocenters. The van der Waals surface area contributed by atoms with Gasteiger partial charge in [-0.1, -0.05) is 11.8 Å². The Kier molecular flexibility index (Phi) is 6.89. The highest BCUT2D eigenvalue weighted by Gasteiger charge is 2.25. The molecule has 0 aliphatic carbocycles. The highest BCUT2D eigenvalue weighted by molar-refractivity contribution is 7.99. The standard InChI is InChI=1S/C25H26FO3S/c1-18-15-22(30-13-5-6-14-30)16-19(2)24(18)28-17-23(27)29-25(3,4)12-11-20-7-9-21(26)10-8-20/h5,7-10,13,15-16H,6,14,17H2,1-4H3/q+1. The lowest BCUT2D eigenvalue weighted by Crippen LogP contribution is -2.29. The van der Waals surface area contributed by atoms with E-state index in [-0.39, 0.29) is 23.3 Å². The lowest BCUT2D eigenvalue weighted by molar-refractivity contribution is -0.154. The van der Waals surface area contributed by atoms with Gasteiger partial charge in [0.15, 0.2) is 17.1 Å². The van der Waals surface area contributed by atoms with Crippen molar-refractivity contribution in [1.29, 1.82) is 0 Å². The lowest BCUT2D eigenvalue weighted by Gasteiger charge is -2.19. The highest BCUT2D eigenvalue weighted by Crippen LogP contribution is 2.30. The van der Waals surface area contributed by atoms with Gasteiger partial charge in [-0.2, -0.15) is 0 Å². The summed E-state index contributed by atoms with van der Waals surface area (Å²) < 4.78 is 24.2. The van der Waals surface area contributed by atoms with Crippen molar-refractivity contribution in [3.05, 3.63) is 70.4 Å². The summed E-state index contributed by atoms with van der Waals surface area (Å²) in [6, 6.07) is 10.1. The van der Waals surface area contributed by atoms with Crippen LogP contribution in [0.15, 0.2) is 52.8 Å². The topological polar surface area (TPSA) is 35.5 Å². The fraction of sp³-hybridized carbons (Fsp3) is 0.320. The molecule has 3 rings (SSSR count). The maximum absolute atomic E-state index is 13.0. The van der Waals surface area contributed by atoms with Gasteiger partial charge in [-0.05, 0) is 69.2 Å². The van der Waals surface area contributed by atoms with Crippen molar-refractivity contribution >= 4 is 16.9 Å². The van der Waals surface area contributed by atoms with E-state index >= 15 is 0 Å². The molecule has 1 heterocycles. The fourth-order valence-corrected chi connectivity index (χ4v) is 5.10. The largest absolute Gasteiger partial charge is 0.481 e. The van der Waals surface area contributed by atoms with Crippen molar-refractivity contribution in [1.82, 2.24) is 0 Å². The summed E-state index contributed by atoms with van der Waals surface area (Å²) in [5, 5.41) is 2.28. The van der Waals surface area contributed by atoms with Gasteiger partial charge in [-0.15, -0.1) is 0 Å². The average Bonchev–Trinajstić information content (AvgIpc) is 3.21. The van der Waals surface area contributed by atoms with Gasteiger partial charge in [-0.25, -0.2) is 9.18 Å². The molecule has 0 bridgehead atoms. The second-order valence-corrected chi connectivity index (χ2v) is 9.72. The van der Waals surface area contributed by atoms with Crippen molar-refractivity contribution in [3.63, 3.8) is 0 Å². The van der Waals surface area contributed by atoms with Crippen LogP contribution in [0.25, 0.3) is 0 Å². The van der Waals surface area contributed by atoms with Crippen LogP contribution in [-0.2, 0) is 20.4 Å². The third kappa shape index (κ3) is 5.90. The predicted octanol–water partition coefficient (Wildman–Crippen LogP) is 5.09. The smallest absolute Gasteiger partial charge is 0.345 e. The summed E-state index contributed by atoms with van der Waals surface area (Å²) in [6.45, 7) is 7.23. The van der Waals surface area contributed by atoms with Gasteiger partial charge in [0.1, 0.15) is 22.7 Å². The molecule has 5 heteroatoms. The van der Waals surface area contributed by atoms with Gasteiger partial charge in [0, 0.05) is 24.1 Å². The summed E-state index contributed by atoms with van der Waals surface area (Å²) in [6.07, 6.45) is 3.36. The zero-order chi connectivity index (χ0) is 21.7. The monoisotopic (exact) mass is 425 g/mol. The second-order valence-electron chi connectivity index (χ2n) is 7.71. The Morgan fingerprint density at radius 1 is 1.17 bits per heavy atom. The van der Waals surface area contributed by atoms with Crippen LogP contribution in [-0.4, -0.2) is 23.9 Å². The van der Waals surface area contributed by atoms with E-state index in [1.807, 2.05) is 13.8 Å². The molecule has 0 amide bonds.